The number of anilines is 3. The van der Waals surface area contributed by atoms with Gasteiger partial charge in [-0.1, -0.05) is 6.07 Å². The van der Waals surface area contributed by atoms with Crippen LogP contribution >= 0.6 is 0 Å². The zero-order valence-corrected chi connectivity index (χ0v) is 21.6. The Balaban J connectivity index is 1.25. The fourth-order valence-electron chi connectivity index (χ4n) is 5.13. The van der Waals surface area contributed by atoms with Crippen molar-refractivity contribution < 1.29 is 0 Å². The maximum atomic E-state index is 5.16. The number of fused-ring (bicyclic) bond motifs is 4. The Hall–Kier alpha value is -3.92. The molecule has 0 aliphatic carbocycles. The number of nitrogens with zero attached hydrogens (tertiary/aromatic N) is 4. The molecule has 0 radical (unpaired) electrons. The van der Waals surface area contributed by atoms with E-state index in [1.807, 2.05) is 0 Å². The number of pyridine rings is 2. The second-order valence-electron chi connectivity index (χ2n) is 9.20. The minimum atomic E-state index is 0.190. The fraction of sp³-hybridized carbons (Fsp3) is 0.0968. The molecule has 36 heavy (non-hydrogen) atoms. The van der Waals surface area contributed by atoms with E-state index in [0.717, 1.165) is 30.3 Å². The van der Waals surface area contributed by atoms with Gasteiger partial charge in [0.2, 0.25) is 0 Å². The van der Waals surface area contributed by atoms with E-state index < -0.39 is 0 Å². The zero-order valence-electron chi connectivity index (χ0n) is 19.9. The molecule has 0 unspecified atom stereocenters. The topological polar surface area (TPSA) is 32.3 Å². The van der Waals surface area contributed by atoms with Gasteiger partial charge in [0.25, 0.3) is 0 Å². The SMILES string of the molecule is Cc1ccc2c(n1)[se]c1c(-c3cccc(CN4CN(c5ccccc5)c5ccccc54)n3)cccc12. The summed E-state index contributed by atoms with van der Waals surface area (Å²) in [5, 5.41) is 2.59. The molecule has 5 heteroatoms. The number of para-hydroxylation sites is 3. The van der Waals surface area contributed by atoms with Crippen molar-refractivity contribution in [1.82, 2.24) is 9.97 Å². The van der Waals surface area contributed by atoms with E-state index in [2.05, 4.69) is 120 Å². The van der Waals surface area contributed by atoms with Gasteiger partial charge in [-0.2, -0.15) is 0 Å². The third-order valence-electron chi connectivity index (χ3n) is 6.83. The number of hydrogen-bond acceptors (Lipinski definition) is 4. The van der Waals surface area contributed by atoms with Crippen LogP contribution in [0.2, 0.25) is 0 Å². The molecule has 0 bridgehead atoms. The van der Waals surface area contributed by atoms with Gasteiger partial charge in [0, 0.05) is 0 Å². The first kappa shape index (κ1) is 21.4. The first-order valence-corrected chi connectivity index (χ1v) is 13.9. The monoisotopic (exact) mass is 532 g/mol. The molecule has 1 aliphatic rings. The summed E-state index contributed by atoms with van der Waals surface area (Å²) in [5.74, 6) is 0. The summed E-state index contributed by atoms with van der Waals surface area (Å²) in [6.07, 6.45) is 0. The molecule has 0 fully saturated rings. The molecule has 0 saturated carbocycles. The summed E-state index contributed by atoms with van der Waals surface area (Å²) in [6.45, 7) is 3.63. The molecule has 0 atom stereocenters. The number of aromatic nitrogens is 2. The van der Waals surface area contributed by atoms with Gasteiger partial charge in [0.15, 0.2) is 0 Å². The standard InChI is InChI=1S/C31H24N4Se/c1-21-17-18-25-24-12-8-13-26(30(24)36-31(25)32-21)27-14-7-9-22(33-27)19-34-20-35(23-10-3-2-4-11-23)29-16-6-5-15-28(29)34/h2-18H,19-20H2,1H3. The summed E-state index contributed by atoms with van der Waals surface area (Å²) < 4.78 is 2.63. The first-order chi connectivity index (χ1) is 17.7. The number of hydrogen-bond donors (Lipinski definition) is 0. The van der Waals surface area contributed by atoms with E-state index in [9.17, 15) is 0 Å². The van der Waals surface area contributed by atoms with E-state index >= 15 is 0 Å². The molecule has 1 aliphatic heterocycles. The molecular formula is C31H24N4Se. The van der Waals surface area contributed by atoms with Crippen LogP contribution in [0.4, 0.5) is 17.1 Å². The third kappa shape index (κ3) is 3.60. The molecule has 174 valence electrons. The Labute approximate surface area is 216 Å². The van der Waals surface area contributed by atoms with Crippen LogP contribution in [-0.4, -0.2) is 31.1 Å². The van der Waals surface area contributed by atoms with Crippen LogP contribution in [0.25, 0.3) is 30.7 Å². The summed E-state index contributed by atoms with van der Waals surface area (Å²) in [4.78, 5) is 14.8. The molecule has 0 saturated heterocycles. The van der Waals surface area contributed by atoms with Crippen LogP contribution < -0.4 is 9.80 Å². The van der Waals surface area contributed by atoms with Crippen LogP contribution in [0, 0.1) is 6.92 Å². The van der Waals surface area contributed by atoms with E-state index in [1.165, 1.54) is 42.0 Å². The maximum absolute atomic E-state index is 5.16. The molecular weight excluding hydrogens is 507 g/mol. The second-order valence-corrected chi connectivity index (χ2v) is 11.3. The quantitative estimate of drug-likeness (QED) is 0.231. The molecule has 4 heterocycles. The zero-order chi connectivity index (χ0) is 24.1. The van der Waals surface area contributed by atoms with Crippen molar-refractivity contribution in [3.05, 3.63) is 115 Å². The van der Waals surface area contributed by atoms with Crippen molar-refractivity contribution in [2.45, 2.75) is 13.5 Å². The Morgan fingerprint density at radius 2 is 1.53 bits per heavy atom. The van der Waals surface area contributed by atoms with Crippen LogP contribution in [0.1, 0.15) is 11.4 Å². The Kier molecular flexibility index (Phi) is 5.12. The summed E-state index contributed by atoms with van der Waals surface area (Å²) in [6, 6.07) is 36.6. The van der Waals surface area contributed by atoms with Crippen molar-refractivity contribution in [3.63, 3.8) is 0 Å². The first-order valence-electron chi connectivity index (χ1n) is 12.2. The third-order valence-corrected chi connectivity index (χ3v) is 9.24. The van der Waals surface area contributed by atoms with E-state index in [-0.39, 0.29) is 14.5 Å². The summed E-state index contributed by atoms with van der Waals surface area (Å²) in [5.41, 5.74) is 8.13. The van der Waals surface area contributed by atoms with Crippen LogP contribution in [-0.2, 0) is 6.54 Å². The van der Waals surface area contributed by atoms with Gasteiger partial charge in [-0.05, 0) is 0 Å². The molecule has 0 N–H and O–H groups in total. The fourth-order valence-corrected chi connectivity index (χ4v) is 7.74. The minimum absolute atomic E-state index is 0.190. The van der Waals surface area contributed by atoms with Crippen LogP contribution in [0.5, 0.6) is 0 Å². The van der Waals surface area contributed by atoms with Gasteiger partial charge in [0.1, 0.15) is 0 Å². The van der Waals surface area contributed by atoms with Crippen LogP contribution in [0.15, 0.2) is 103 Å². The summed E-state index contributed by atoms with van der Waals surface area (Å²) >= 11 is 0.190. The average Bonchev–Trinajstić information content (AvgIpc) is 3.47. The van der Waals surface area contributed by atoms with Gasteiger partial charge in [-0.25, -0.2) is 0 Å². The molecule has 0 spiro atoms. The number of benzene rings is 3. The van der Waals surface area contributed by atoms with Gasteiger partial charge >= 0.3 is 211 Å². The molecule has 3 aromatic carbocycles. The van der Waals surface area contributed by atoms with Gasteiger partial charge in [-0.15, -0.1) is 0 Å². The predicted octanol–water partition coefficient (Wildman–Crippen LogP) is 6.93. The van der Waals surface area contributed by atoms with Crippen molar-refractivity contribution in [2.75, 3.05) is 16.5 Å². The number of rotatable bonds is 4. The molecule has 6 aromatic rings. The van der Waals surface area contributed by atoms with Crippen molar-refractivity contribution in [2.24, 2.45) is 0 Å². The van der Waals surface area contributed by atoms with Crippen molar-refractivity contribution in [1.29, 1.82) is 0 Å². The molecule has 4 nitrogen and oxygen atoms in total. The Bertz CT molecular complexity index is 1720. The molecule has 0 amide bonds. The van der Waals surface area contributed by atoms with E-state index in [0.29, 0.717) is 0 Å². The van der Waals surface area contributed by atoms with Crippen molar-refractivity contribution >= 4 is 51.0 Å². The van der Waals surface area contributed by atoms with Crippen LogP contribution in [0.3, 0.4) is 0 Å². The Morgan fingerprint density at radius 3 is 2.42 bits per heavy atom. The molecule has 7 rings (SSSR count). The van der Waals surface area contributed by atoms with E-state index in [4.69, 9.17) is 9.97 Å². The van der Waals surface area contributed by atoms with Gasteiger partial charge < -0.3 is 0 Å². The normalized spacial score (nSPS) is 13.0. The van der Waals surface area contributed by atoms with Crippen molar-refractivity contribution in [3.8, 4) is 11.3 Å². The Morgan fingerprint density at radius 1 is 0.722 bits per heavy atom. The summed E-state index contributed by atoms with van der Waals surface area (Å²) in [7, 11) is 0. The second kappa shape index (κ2) is 8.63. The number of aryl methyl sites for hydroxylation is 1. The average molecular weight is 532 g/mol. The van der Waals surface area contributed by atoms with Gasteiger partial charge in [0.05, 0.1) is 0 Å². The van der Waals surface area contributed by atoms with E-state index in [1.54, 1.807) is 0 Å². The van der Waals surface area contributed by atoms with Gasteiger partial charge in [-0.3, -0.25) is 0 Å². The molecule has 3 aromatic heterocycles. The predicted molar refractivity (Wildman–Crippen MR) is 150 cm³/mol.